The molecule has 1 heterocycles. The fraction of sp³-hybridized carbons (Fsp3) is 0.409. The number of nitrogens with one attached hydrogen (secondary N) is 1. The van der Waals surface area contributed by atoms with Gasteiger partial charge in [-0.15, -0.1) is 0 Å². The van der Waals surface area contributed by atoms with Gasteiger partial charge in [-0.25, -0.2) is 13.1 Å². The van der Waals surface area contributed by atoms with Crippen molar-refractivity contribution in [3.8, 4) is 0 Å². The lowest BCUT2D eigenvalue weighted by atomic mass is 9.79. The third-order valence-corrected chi connectivity index (χ3v) is 7.64. The minimum absolute atomic E-state index is 0.0251. The second kappa shape index (κ2) is 8.05. The molecule has 2 aromatic carbocycles. The molecule has 0 fully saturated rings. The fourth-order valence-electron chi connectivity index (χ4n) is 3.82. The first kappa shape index (κ1) is 21.7. The Labute approximate surface area is 176 Å². The Morgan fingerprint density at radius 2 is 1.72 bits per heavy atom. The summed E-state index contributed by atoms with van der Waals surface area (Å²) < 4.78 is 31.1. The van der Waals surface area contributed by atoms with Gasteiger partial charge >= 0.3 is 4.87 Å². The Balaban J connectivity index is 1.83. The van der Waals surface area contributed by atoms with Crippen molar-refractivity contribution >= 4 is 31.6 Å². The molecule has 0 aliphatic carbocycles. The molecule has 0 aliphatic rings. The Kier molecular flexibility index (Phi) is 6.03. The van der Waals surface area contributed by atoms with Crippen LogP contribution in [0.3, 0.4) is 0 Å². The van der Waals surface area contributed by atoms with Gasteiger partial charge in [-0.1, -0.05) is 55.5 Å². The van der Waals surface area contributed by atoms with E-state index in [2.05, 4.69) is 30.7 Å². The van der Waals surface area contributed by atoms with Crippen LogP contribution in [0.4, 0.5) is 0 Å². The standard InChI is InChI=1S/C22H28N2O3S2/c1-15(2)24-19-12-11-18(13-20(19)28-21(24)25)29(26,27)23-16(3)14-22(4,5)17-9-7-6-8-10-17/h6-13,15-16,23H,14H2,1-5H3. The van der Waals surface area contributed by atoms with E-state index in [1.165, 1.54) is 5.56 Å². The van der Waals surface area contributed by atoms with Crippen molar-refractivity contribution in [2.45, 2.75) is 63.4 Å². The van der Waals surface area contributed by atoms with Gasteiger partial charge in [0.1, 0.15) is 0 Å². The Hall–Kier alpha value is -1.96. The molecule has 156 valence electrons. The molecule has 0 radical (unpaired) electrons. The van der Waals surface area contributed by atoms with Gasteiger partial charge in [-0.3, -0.25) is 9.36 Å². The van der Waals surface area contributed by atoms with E-state index in [1.807, 2.05) is 39.0 Å². The number of aromatic nitrogens is 1. The molecule has 1 aromatic heterocycles. The molecular weight excluding hydrogens is 404 g/mol. The number of sulfonamides is 1. The molecule has 0 saturated carbocycles. The summed E-state index contributed by atoms with van der Waals surface area (Å²) in [4.78, 5) is 12.3. The van der Waals surface area contributed by atoms with Crippen LogP contribution in [0.2, 0.25) is 0 Å². The van der Waals surface area contributed by atoms with Crippen LogP contribution in [0, 0.1) is 0 Å². The summed E-state index contributed by atoms with van der Waals surface area (Å²) in [7, 11) is -3.68. The van der Waals surface area contributed by atoms with Crippen LogP contribution in [0.15, 0.2) is 58.2 Å². The maximum atomic E-state index is 12.9. The van der Waals surface area contributed by atoms with Crippen molar-refractivity contribution in [3.63, 3.8) is 0 Å². The highest BCUT2D eigenvalue weighted by Crippen LogP contribution is 2.29. The summed E-state index contributed by atoms with van der Waals surface area (Å²) in [6.45, 7) is 10.00. The lowest BCUT2D eigenvalue weighted by Gasteiger charge is -2.29. The maximum absolute atomic E-state index is 12.9. The third-order valence-electron chi connectivity index (χ3n) is 5.14. The highest BCUT2D eigenvalue weighted by molar-refractivity contribution is 7.89. The van der Waals surface area contributed by atoms with Crippen molar-refractivity contribution in [2.24, 2.45) is 0 Å². The molecule has 3 rings (SSSR count). The van der Waals surface area contributed by atoms with Crippen molar-refractivity contribution < 1.29 is 8.42 Å². The van der Waals surface area contributed by atoms with Gasteiger partial charge < -0.3 is 0 Å². The quantitative estimate of drug-likeness (QED) is 0.589. The number of hydrogen-bond acceptors (Lipinski definition) is 4. The largest absolute Gasteiger partial charge is 0.308 e. The Bertz CT molecular complexity index is 1160. The van der Waals surface area contributed by atoms with E-state index in [9.17, 15) is 13.2 Å². The zero-order chi connectivity index (χ0) is 21.4. The molecule has 7 heteroatoms. The van der Waals surface area contributed by atoms with Crippen LogP contribution >= 0.6 is 11.3 Å². The molecule has 1 atom stereocenters. The lowest BCUT2D eigenvalue weighted by Crippen LogP contribution is -2.37. The fourth-order valence-corrected chi connectivity index (χ4v) is 6.22. The van der Waals surface area contributed by atoms with Crippen molar-refractivity contribution in [3.05, 3.63) is 63.8 Å². The van der Waals surface area contributed by atoms with Crippen LogP contribution in [0.25, 0.3) is 10.2 Å². The predicted octanol–water partition coefficient (Wildman–Crippen LogP) is 4.68. The van der Waals surface area contributed by atoms with Crippen LogP contribution in [-0.2, 0) is 15.4 Å². The average molecular weight is 433 g/mol. The van der Waals surface area contributed by atoms with E-state index in [0.717, 1.165) is 16.9 Å². The van der Waals surface area contributed by atoms with Crippen LogP contribution in [0.5, 0.6) is 0 Å². The molecule has 0 amide bonds. The molecule has 0 spiro atoms. The second-order valence-corrected chi connectivity index (χ2v) is 11.1. The highest BCUT2D eigenvalue weighted by atomic mass is 32.2. The van der Waals surface area contributed by atoms with Crippen LogP contribution < -0.4 is 9.60 Å². The van der Waals surface area contributed by atoms with Gasteiger partial charge in [-0.2, -0.15) is 0 Å². The van der Waals surface area contributed by atoms with E-state index in [-0.39, 0.29) is 27.3 Å². The summed E-state index contributed by atoms with van der Waals surface area (Å²) in [5.74, 6) is 0. The molecule has 0 saturated heterocycles. The third kappa shape index (κ3) is 4.63. The zero-order valence-corrected chi connectivity index (χ0v) is 19.1. The molecule has 5 nitrogen and oxygen atoms in total. The minimum atomic E-state index is -3.68. The Morgan fingerprint density at radius 1 is 1.07 bits per heavy atom. The van der Waals surface area contributed by atoms with Gasteiger partial charge in [0.15, 0.2) is 0 Å². The van der Waals surface area contributed by atoms with E-state index in [4.69, 9.17) is 0 Å². The lowest BCUT2D eigenvalue weighted by molar-refractivity contribution is 0.418. The molecule has 1 unspecified atom stereocenters. The maximum Gasteiger partial charge on any atom is 0.308 e. The number of rotatable bonds is 7. The summed E-state index contributed by atoms with van der Waals surface area (Å²) in [6.07, 6.45) is 0.662. The van der Waals surface area contributed by atoms with Crippen molar-refractivity contribution in [2.75, 3.05) is 0 Å². The summed E-state index contributed by atoms with van der Waals surface area (Å²) in [6, 6.07) is 14.8. The molecule has 0 bridgehead atoms. The highest BCUT2D eigenvalue weighted by Gasteiger charge is 2.26. The molecule has 0 aliphatic heterocycles. The monoisotopic (exact) mass is 432 g/mol. The summed E-state index contributed by atoms with van der Waals surface area (Å²) in [5.41, 5.74) is 1.78. The normalized spacial score (nSPS) is 13.9. The van der Waals surface area contributed by atoms with Gasteiger partial charge in [-0.05, 0) is 56.4 Å². The molecule has 1 N–H and O–H groups in total. The van der Waals surface area contributed by atoms with Gasteiger partial charge in [0.05, 0.1) is 15.1 Å². The summed E-state index contributed by atoms with van der Waals surface area (Å²) in [5, 5.41) is 0. The average Bonchev–Trinajstić information content (AvgIpc) is 2.96. The molecule has 29 heavy (non-hydrogen) atoms. The van der Waals surface area contributed by atoms with Crippen LogP contribution in [0.1, 0.15) is 52.6 Å². The number of benzene rings is 2. The Morgan fingerprint density at radius 3 is 2.34 bits per heavy atom. The minimum Gasteiger partial charge on any atom is -0.296 e. The number of fused-ring (bicyclic) bond motifs is 1. The van der Waals surface area contributed by atoms with Gasteiger partial charge in [0.2, 0.25) is 10.0 Å². The smallest absolute Gasteiger partial charge is 0.296 e. The SMILES string of the molecule is CC(CC(C)(C)c1ccccc1)NS(=O)(=O)c1ccc2c(c1)sc(=O)n2C(C)C. The van der Waals surface area contributed by atoms with Crippen molar-refractivity contribution in [1.82, 2.24) is 9.29 Å². The van der Waals surface area contributed by atoms with Crippen molar-refractivity contribution in [1.29, 1.82) is 0 Å². The molecular formula is C22H28N2O3S2. The number of thiazole rings is 1. The van der Waals surface area contributed by atoms with E-state index in [0.29, 0.717) is 11.1 Å². The second-order valence-electron chi connectivity index (χ2n) is 8.44. The van der Waals surface area contributed by atoms with E-state index < -0.39 is 10.0 Å². The van der Waals surface area contributed by atoms with Gasteiger partial charge in [0, 0.05) is 12.1 Å². The first-order valence-corrected chi connectivity index (χ1v) is 12.0. The summed E-state index contributed by atoms with van der Waals surface area (Å²) >= 11 is 1.08. The van der Waals surface area contributed by atoms with Crippen LogP contribution in [-0.4, -0.2) is 19.0 Å². The van der Waals surface area contributed by atoms with Gasteiger partial charge in [0.25, 0.3) is 0 Å². The first-order chi connectivity index (χ1) is 13.5. The van der Waals surface area contributed by atoms with E-state index in [1.54, 1.807) is 22.8 Å². The zero-order valence-electron chi connectivity index (χ0n) is 17.5. The number of hydrogen-bond donors (Lipinski definition) is 1. The predicted molar refractivity (Wildman–Crippen MR) is 120 cm³/mol. The number of nitrogens with zero attached hydrogens (tertiary/aromatic N) is 1. The molecule has 3 aromatic rings. The topological polar surface area (TPSA) is 68.2 Å². The van der Waals surface area contributed by atoms with E-state index >= 15 is 0 Å². The first-order valence-electron chi connectivity index (χ1n) is 9.74.